The van der Waals surface area contributed by atoms with Gasteiger partial charge in [0.1, 0.15) is 12.0 Å². The fraction of sp³-hybridized carbons (Fsp3) is 0.133. The van der Waals surface area contributed by atoms with E-state index in [-0.39, 0.29) is 6.08 Å². The topological polar surface area (TPSA) is 47.3 Å². The SMILES string of the molecule is CNCc1coc(Oc2cccc3ccccc23)n1. The van der Waals surface area contributed by atoms with E-state index >= 15 is 0 Å². The van der Waals surface area contributed by atoms with Gasteiger partial charge >= 0.3 is 6.08 Å². The van der Waals surface area contributed by atoms with Crippen LogP contribution in [0.4, 0.5) is 0 Å². The summed E-state index contributed by atoms with van der Waals surface area (Å²) in [6.07, 6.45) is 1.86. The third-order valence-corrected chi connectivity index (χ3v) is 2.84. The number of fused-ring (bicyclic) bond motifs is 1. The lowest BCUT2D eigenvalue weighted by atomic mass is 10.1. The van der Waals surface area contributed by atoms with Crippen molar-refractivity contribution in [2.24, 2.45) is 0 Å². The molecule has 0 fully saturated rings. The average Bonchev–Trinajstić information content (AvgIpc) is 2.87. The van der Waals surface area contributed by atoms with Crippen molar-refractivity contribution in [2.75, 3.05) is 7.05 Å². The maximum atomic E-state index is 5.71. The van der Waals surface area contributed by atoms with Crippen LogP contribution >= 0.6 is 0 Å². The smallest absolute Gasteiger partial charge is 0.399 e. The minimum atomic E-state index is 0.265. The first-order chi connectivity index (χ1) is 9.36. The maximum Gasteiger partial charge on any atom is 0.399 e. The van der Waals surface area contributed by atoms with Gasteiger partial charge in [0.25, 0.3) is 0 Å². The van der Waals surface area contributed by atoms with Gasteiger partial charge in [-0.15, -0.1) is 0 Å². The quantitative estimate of drug-likeness (QED) is 0.775. The molecule has 1 heterocycles. The number of nitrogens with zero attached hydrogens (tertiary/aromatic N) is 1. The van der Waals surface area contributed by atoms with E-state index in [2.05, 4.69) is 10.3 Å². The van der Waals surface area contributed by atoms with Crippen LogP contribution < -0.4 is 10.1 Å². The van der Waals surface area contributed by atoms with Crippen LogP contribution in [0, 0.1) is 0 Å². The molecule has 0 aliphatic rings. The van der Waals surface area contributed by atoms with E-state index in [0.29, 0.717) is 6.54 Å². The van der Waals surface area contributed by atoms with Gasteiger partial charge in [0, 0.05) is 11.9 Å². The molecule has 96 valence electrons. The molecule has 4 nitrogen and oxygen atoms in total. The van der Waals surface area contributed by atoms with E-state index < -0.39 is 0 Å². The van der Waals surface area contributed by atoms with Crippen molar-refractivity contribution in [1.29, 1.82) is 0 Å². The summed E-state index contributed by atoms with van der Waals surface area (Å²) in [5, 5.41) is 5.18. The Labute approximate surface area is 111 Å². The summed E-state index contributed by atoms with van der Waals surface area (Å²) in [5.41, 5.74) is 0.817. The highest BCUT2D eigenvalue weighted by Crippen LogP contribution is 2.29. The van der Waals surface area contributed by atoms with Crippen LogP contribution in [0.2, 0.25) is 0 Å². The van der Waals surface area contributed by atoms with Gasteiger partial charge in [-0.2, -0.15) is 4.98 Å². The van der Waals surface area contributed by atoms with Crippen LogP contribution in [0.5, 0.6) is 11.8 Å². The number of benzene rings is 2. The van der Waals surface area contributed by atoms with E-state index in [1.165, 1.54) is 0 Å². The highest BCUT2D eigenvalue weighted by atomic mass is 16.6. The van der Waals surface area contributed by atoms with Gasteiger partial charge < -0.3 is 14.5 Å². The van der Waals surface area contributed by atoms with Crippen LogP contribution in [0.3, 0.4) is 0 Å². The summed E-state index contributed by atoms with van der Waals surface area (Å²) in [5.74, 6) is 0.746. The first-order valence-electron chi connectivity index (χ1n) is 6.11. The van der Waals surface area contributed by atoms with Crippen LogP contribution in [-0.2, 0) is 6.54 Å². The molecular weight excluding hydrogens is 240 g/mol. The molecule has 19 heavy (non-hydrogen) atoms. The lowest BCUT2D eigenvalue weighted by molar-refractivity contribution is 0.333. The van der Waals surface area contributed by atoms with Crippen molar-refractivity contribution < 1.29 is 9.15 Å². The van der Waals surface area contributed by atoms with Gasteiger partial charge in [0.2, 0.25) is 0 Å². The zero-order chi connectivity index (χ0) is 13.1. The minimum absolute atomic E-state index is 0.265. The van der Waals surface area contributed by atoms with E-state index in [0.717, 1.165) is 22.2 Å². The van der Waals surface area contributed by atoms with Crippen molar-refractivity contribution in [3.05, 3.63) is 54.4 Å². The first-order valence-corrected chi connectivity index (χ1v) is 6.11. The predicted molar refractivity (Wildman–Crippen MR) is 73.3 cm³/mol. The van der Waals surface area contributed by atoms with Crippen molar-refractivity contribution in [3.8, 4) is 11.8 Å². The number of oxazole rings is 1. The Hall–Kier alpha value is -2.33. The molecule has 4 heteroatoms. The fourth-order valence-electron chi connectivity index (χ4n) is 1.98. The number of ether oxygens (including phenoxy) is 1. The van der Waals surface area contributed by atoms with E-state index in [1.807, 2.05) is 49.5 Å². The maximum absolute atomic E-state index is 5.71. The molecule has 2 aromatic carbocycles. The molecule has 0 unspecified atom stereocenters. The van der Waals surface area contributed by atoms with Crippen LogP contribution in [0.1, 0.15) is 5.69 Å². The number of nitrogens with one attached hydrogen (secondary N) is 1. The molecule has 3 rings (SSSR count). The average molecular weight is 254 g/mol. The first kappa shape index (κ1) is 11.7. The monoisotopic (exact) mass is 254 g/mol. The van der Waals surface area contributed by atoms with Crippen LogP contribution in [0.25, 0.3) is 10.8 Å². The Morgan fingerprint density at radius 2 is 2.00 bits per heavy atom. The van der Waals surface area contributed by atoms with E-state index in [9.17, 15) is 0 Å². The molecule has 0 aliphatic heterocycles. The van der Waals surface area contributed by atoms with Crippen LogP contribution in [0.15, 0.2) is 53.1 Å². The van der Waals surface area contributed by atoms with Gasteiger partial charge in [-0.05, 0) is 18.5 Å². The Kier molecular flexibility index (Phi) is 3.16. The van der Waals surface area contributed by atoms with Crippen LogP contribution in [-0.4, -0.2) is 12.0 Å². The molecule has 0 spiro atoms. The van der Waals surface area contributed by atoms with Crippen molar-refractivity contribution in [2.45, 2.75) is 6.54 Å². The number of hydrogen-bond acceptors (Lipinski definition) is 4. The summed E-state index contributed by atoms with van der Waals surface area (Å²) < 4.78 is 11.0. The molecule has 0 saturated carbocycles. The second-order valence-corrected chi connectivity index (χ2v) is 4.21. The van der Waals surface area contributed by atoms with Crippen molar-refractivity contribution in [1.82, 2.24) is 10.3 Å². The standard InChI is InChI=1S/C15H14N2O2/c1-16-9-12-10-18-15(17-12)19-14-8-4-6-11-5-2-3-7-13(11)14/h2-8,10,16H,9H2,1H3. The second-order valence-electron chi connectivity index (χ2n) is 4.21. The molecular formula is C15H14N2O2. The van der Waals surface area contributed by atoms with Crippen molar-refractivity contribution >= 4 is 10.8 Å². The highest BCUT2D eigenvalue weighted by Gasteiger charge is 2.08. The molecule has 0 bridgehead atoms. The van der Waals surface area contributed by atoms with E-state index in [4.69, 9.17) is 9.15 Å². The zero-order valence-corrected chi connectivity index (χ0v) is 10.6. The molecule has 0 atom stereocenters. The highest BCUT2D eigenvalue weighted by molar-refractivity contribution is 5.88. The number of hydrogen-bond donors (Lipinski definition) is 1. The molecule has 0 saturated heterocycles. The summed E-state index contributed by atoms with van der Waals surface area (Å²) in [6, 6.07) is 14.0. The molecule has 1 aromatic heterocycles. The summed E-state index contributed by atoms with van der Waals surface area (Å²) in [4.78, 5) is 4.25. The summed E-state index contributed by atoms with van der Waals surface area (Å²) >= 11 is 0. The summed E-state index contributed by atoms with van der Waals surface area (Å²) in [7, 11) is 1.86. The third-order valence-electron chi connectivity index (χ3n) is 2.84. The van der Waals surface area contributed by atoms with Gasteiger partial charge in [-0.1, -0.05) is 36.4 Å². The Bertz CT molecular complexity index is 686. The molecule has 1 N–H and O–H groups in total. The van der Waals surface area contributed by atoms with Gasteiger partial charge in [0.15, 0.2) is 0 Å². The van der Waals surface area contributed by atoms with Gasteiger partial charge in [-0.3, -0.25) is 0 Å². The molecule has 0 radical (unpaired) electrons. The Morgan fingerprint density at radius 3 is 2.89 bits per heavy atom. The Balaban J connectivity index is 1.92. The lowest BCUT2D eigenvalue weighted by Gasteiger charge is -2.04. The molecule has 3 aromatic rings. The third kappa shape index (κ3) is 2.44. The van der Waals surface area contributed by atoms with Gasteiger partial charge in [0.05, 0.1) is 5.69 Å². The number of rotatable bonds is 4. The second kappa shape index (κ2) is 5.12. The zero-order valence-electron chi connectivity index (χ0n) is 10.6. The Morgan fingerprint density at radius 1 is 1.16 bits per heavy atom. The largest absolute Gasteiger partial charge is 0.417 e. The minimum Gasteiger partial charge on any atom is -0.417 e. The molecule has 0 amide bonds. The summed E-state index contributed by atoms with van der Waals surface area (Å²) in [6.45, 7) is 0.655. The lowest BCUT2D eigenvalue weighted by Crippen LogP contribution is -2.04. The molecule has 0 aliphatic carbocycles. The predicted octanol–water partition coefficient (Wildman–Crippen LogP) is 3.34. The van der Waals surface area contributed by atoms with E-state index in [1.54, 1.807) is 6.26 Å². The fourth-order valence-corrected chi connectivity index (χ4v) is 1.98. The normalized spacial score (nSPS) is 10.8. The number of aromatic nitrogens is 1. The van der Waals surface area contributed by atoms with Gasteiger partial charge in [-0.25, -0.2) is 0 Å². The van der Waals surface area contributed by atoms with Crippen molar-refractivity contribution in [3.63, 3.8) is 0 Å².